The Morgan fingerprint density at radius 1 is 1.56 bits per heavy atom. The summed E-state index contributed by atoms with van der Waals surface area (Å²) in [6, 6.07) is 0.0405. The summed E-state index contributed by atoms with van der Waals surface area (Å²) in [5.41, 5.74) is 5.53. The second-order valence-electron chi connectivity index (χ2n) is 2.81. The van der Waals surface area contributed by atoms with Crippen molar-refractivity contribution in [1.29, 1.82) is 0 Å². The monoisotopic (exact) mass is 132 g/mol. The van der Waals surface area contributed by atoms with Gasteiger partial charge >= 0.3 is 0 Å². The van der Waals surface area contributed by atoms with Gasteiger partial charge in [-0.25, -0.2) is 4.39 Å². The second-order valence-corrected chi connectivity index (χ2v) is 2.81. The van der Waals surface area contributed by atoms with E-state index in [-0.39, 0.29) is 6.04 Å². The molecule has 1 heterocycles. The summed E-state index contributed by atoms with van der Waals surface area (Å²) in [6.45, 7) is 1.38. The molecule has 0 aromatic heterocycles. The Hall–Kier alpha value is -0.150. The highest BCUT2D eigenvalue weighted by Crippen LogP contribution is 2.09. The van der Waals surface area contributed by atoms with Crippen LogP contribution in [0, 0.1) is 0 Å². The Morgan fingerprint density at radius 2 is 2.22 bits per heavy atom. The number of nitrogens with zero attached hydrogens (tertiary/aromatic N) is 1. The predicted molar refractivity (Wildman–Crippen MR) is 35.0 cm³/mol. The fourth-order valence-corrected chi connectivity index (χ4v) is 1.29. The Balaban J connectivity index is 2.34. The van der Waals surface area contributed by atoms with Gasteiger partial charge in [0.15, 0.2) is 0 Å². The lowest BCUT2D eigenvalue weighted by Crippen LogP contribution is -2.45. The fourth-order valence-electron chi connectivity index (χ4n) is 1.29. The van der Waals surface area contributed by atoms with Crippen LogP contribution in [0.3, 0.4) is 0 Å². The molecule has 9 heavy (non-hydrogen) atoms. The van der Waals surface area contributed by atoms with Gasteiger partial charge in [-0.05, 0) is 13.5 Å². The van der Waals surface area contributed by atoms with Crippen molar-refractivity contribution in [1.82, 2.24) is 4.90 Å². The van der Waals surface area contributed by atoms with Crippen molar-refractivity contribution >= 4 is 0 Å². The molecule has 0 aliphatic carbocycles. The number of hydrogen-bond donors (Lipinski definition) is 1. The molecule has 0 spiro atoms. The SMILES string of the molecule is CN1CC(F)C[C@@H](N)C1. The Morgan fingerprint density at radius 3 is 2.67 bits per heavy atom. The molecule has 2 N–H and O–H groups in total. The minimum absolute atomic E-state index is 0.0405. The van der Waals surface area contributed by atoms with Crippen LogP contribution in [-0.2, 0) is 0 Å². The van der Waals surface area contributed by atoms with Crippen molar-refractivity contribution in [3.8, 4) is 0 Å². The average Bonchev–Trinajstić information content (AvgIpc) is 1.59. The predicted octanol–water partition coefficient (Wildman–Crippen LogP) is -0.0127. The molecule has 1 aliphatic rings. The minimum Gasteiger partial charge on any atom is -0.326 e. The van der Waals surface area contributed by atoms with E-state index in [0.29, 0.717) is 13.0 Å². The topological polar surface area (TPSA) is 29.3 Å². The first-order valence-corrected chi connectivity index (χ1v) is 3.26. The van der Waals surface area contributed by atoms with Crippen LogP contribution in [0.2, 0.25) is 0 Å². The van der Waals surface area contributed by atoms with Crippen LogP contribution >= 0.6 is 0 Å². The highest BCUT2D eigenvalue weighted by molar-refractivity contribution is 4.78. The maximum atomic E-state index is 12.6. The molecule has 0 aromatic carbocycles. The molecule has 1 unspecified atom stereocenters. The van der Waals surface area contributed by atoms with Gasteiger partial charge in [0.05, 0.1) is 0 Å². The summed E-state index contributed by atoms with van der Waals surface area (Å²) < 4.78 is 12.6. The quantitative estimate of drug-likeness (QED) is 0.502. The van der Waals surface area contributed by atoms with Crippen LogP contribution < -0.4 is 5.73 Å². The van der Waals surface area contributed by atoms with E-state index in [2.05, 4.69) is 0 Å². The van der Waals surface area contributed by atoms with Gasteiger partial charge in [0.1, 0.15) is 6.17 Å². The van der Waals surface area contributed by atoms with Crippen LogP contribution in [0.5, 0.6) is 0 Å². The molecule has 0 aromatic rings. The summed E-state index contributed by atoms with van der Waals surface area (Å²) in [5, 5.41) is 0. The number of rotatable bonds is 0. The zero-order valence-electron chi connectivity index (χ0n) is 5.68. The third-order valence-corrected chi connectivity index (χ3v) is 1.61. The van der Waals surface area contributed by atoms with Crippen molar-refractivity contribution in [2.45, 2.75) is 18.6 Å². The van der Waals surface area contributed by atoms with E-state index in [1.165, 1.54) is 0 Å². The third-order valence-electron chi connectivity index (χ3n) is 1.61. The maximum absolute atomic E-state index is 12.6. The van der Waals surface area contributed by atoms with Gasteiger partial charge in [0.2, 0.25) is 0 Å². The van der Waals surface area contributed by atoms with Crippen LogP contribution in [0.4, 0.5) is 4.39 Å². The van der Waals surface area contributed by atoms with E-state index in [0.717, 1.165) is 6.54 Å². The van der Waals surface area contributed by atoms with Crippen LogP contribution in [-0.4, -0.2) is 37.3 Å². The highest BCUT2D eigenvalue weighted by Gasteiger charge is 2.21. The maximum Gasteiger partial charge on any atom is 0.114 e. The summed E-state index contributed by atoms with van der Waals surface area (Å²) in [5.74, 6) is 0. The molecule has 1 rings (SSSR count). The lowest BCUT2D eigenvalue weighted by molar-refractivity contribution is 0.147. The molecular formula is C6H13FN2. The Bertz CT molecular complexity index is 72.0. The number of likely N-dealkylation sites (tertiary alicyclic amines) is 1. The normalized spacial score (nSPS) is 39.0. The zero-order valence-corrected chi connectivity index (χ0v) is 5.68. The number of hydrogen-bond acceptors (Lipinski definition) is 2. The standard InChI is InChI=1S/C6H13FN2/c1-9-3-5(7)2-6(8)4-9/h5-6H,2-4,8H2,1H3/t5?,6-/m1/s1. The fraction of sp³-hybridized carbons (Fsp3) is 1.00. The molecule has 0 bridgehead atoms. The zero-order chi connectivity index (χ0) is 6.85. The van der Waals surface area contributed by atoms with Crippen molar-refractivity contribution in [3.05, 3.63) is 0 Å². The average molecular weight is 132 g/mol. The first-order valence-electron chi connectivity index (χ1n) is 3.26. The molecule has 2 atom stereocenters. The minimum atomic E-state index is -0.709. The van der Waals surface area contributed by atoms with E-state index >= 15 is 0 Å². The van der Waals surface area contributed by atoms with E-state index < -0.39 is 6.17 Å². The van der Waals surface area contributed by atoms with Crippen LogP contribution in [0.25, 0.3) is 0 Å². The number of nitrogens with two attached hydrogens (primary N) is 1. The van der Waals surface area contributed by atoms with Crippen molar-refractivity contribution < 1.29 is 4.39 Å². The Labute approximate surface area is 54.8 Å². The third kappa shape index (κ3) is 1.91. The van der Waals surface area contributed by atoms with E-state index in [1.807, 2.05) is 11.9 Å². The lowest BCUT2D eigenvalue weighted by atomic mass is 10.1. The molecule has 54 valence electrons. The molecule has 1 aliphatic heterocycles. The summed E-state index contributed by atoms with van der Waals surface area (Å²) in [6.07, 6.45) is -0.177. The molecule has 0 amide bonds. The van der Waals surface area contributed by atoms with Gasteiger partial charge in [0.25, 0.3) is 0 Å². The molecule has 0 radical (unpaired) electrons. The largest absolute Gasteiger partial charge is 0.326 e. The summed E-state index contributed by atoms with van der Waals surface area (Å²) in [7, 11) is 1.89. The summed E-state index contributed by atoms with van der Waals surface area (Å²) in [4.78, 5) is 1.93. The molecular weight excluding hydrogens is 119 g/mol. The van der Waals surface area contributed by atoms with Crippen molar-refractivity contribution in [2.75, 3.05) is 20.1 Å². The molecule has 1 fully saturated rings. The van der Waals surface area contributed by atoms with Gasteiger partial charge in [-0.2, -0.15) is 0 Å². The second kappa shape index (κ2) is 2.62. The van der Waals surface area contributed by atoms with E-state index in [1.54, 1.807) is 0 Å². The first-order chi connectivity index (χ1) is 4.18. The van der Waals surface area contributed by atoms with Gasteiger partial charge in [-0.15, -0.1) is 0 Å². The smallest absolute Gasteiger partial charge is 0.114 e. The van der Waals surface area contributed by atoms with Gasteiger partial charge < -0.3 is 10.6 Å². The highest BCUT2D eigenvalue weighted by atomic mass is 19.1. The first kappa shape index (κ1) is 6.96. The number of piperidine rings is 1. The van der Waals surface area contributed by atoms with Crippen LogP contribution in [0.1, 0.15) is 6.42 Å². The molecule has 3 heteroatoms. The molecule has 1 saturated heterocycles. The van der Waals surface area contributed by atoms with Gasteiger partial charge in [-0.3, -0.25) is 0 Å². The number of alkyl halides is 1. The van der Waals surface area contributed by atoms with Gasteiger partial charge in [-0.1, -0.05) is 0 Å². The Kier molecular flexibility index (Phi) is 2.03. The number of halogens is 1. The lowest BCUT2D eigenvalue weighted by Gasteiger charge is -2.29. The summed E-state index contributed by atoms with van der Waals surface area (Å²) >= 11 is 0. The van der Waals surface area contributed by atoms with E-state index in [9.17, 15) is 4.39 Å². The van der Waals surface area contributed by atoms with Crippen LogP contribution in [0.15, 0.2) is 0 Å². The van der Waals surface area contributed by atoms with E-state index in [4.69, 9.17) is 5.73 Å². The molecule has 0 saturated carbocycles. The van der Waals surface area contributed by atoms with Crippen molar-refractivity contribution in [3.63, 3.8) is 0 Å². The van der Waals surface area contributed by atoms with Gasteiger partial charge in [0, 0.05) is 19.1 Å². The number of likely N-dealkylation sites (N-methyl/N-ethyl adjacent to an activating group) is 1. The molecule has 2 nitrogen and oxygen atoms in total. The van der Waals surface area contributed by atoms with Crippen molar-refractivity contribution in [2.24, 2.45) is 5.73 Å².